The van der Waals surface area contributed by atoms with E-state index in [2.05, 4.69) is 14.8 Å². The van der Waals surface area contributed by atoms with E-state index in [4.69, 9.17) is 4.74 Å². The largest absolute Gasteiger partial charge is 0.381 e. The van der Waals surface area contributed by atoms with Gasteiger partial charge in [0.05, 0.1) is 6.42 Å². The van der Waals surface area contributed by atoms with Crippen LogP contribution < -0.4 is 0 Å². The summed E-state index contributed by atoms with van der Waals surface area (Å²) in [5.41, 5.74) is 1.34. The summed E-state index contributed by atoms with van der Waals surface area (Å²) in [6.07, 6.45) is 10.0. The second-order valence-corrected chi connectivity index (χ2v) is 8.02. The van der Waals surface area contributed by atoms with Gasteiger partial charge < -0.3 is 9.64 Å². The summed E-state index contributed by atoms with van der Waals surface area (Å²) in [6, 6.07) is 4.59. The quantitative estimate of drug-likeness (QED) is 0.843. The van der Waals surface area contributed by atoms with Gasteiger partial charge in [-0.1, -0.05) is 6.07 Å². The molecule has 1 amide bonds. The van der Waals surface area contributed by atoms with Crippen molar-refractivity contribution in [1.82, 2.24) is 14.8 Å². The number of pyridine rings is 1. The number of amides is 1. The van der Waals surface area contributed by atoms with Gasteiger partial charge in [0.25, 0.3) is 0 Å². The minimum Gasteiger partial charge on any atom is -0.381 e. The Morgan fingerprint density at radius 1 is 1.24 bits per heavy atom. The van der Waals surface area contributed by atoms with E-state index in [1.165, 1.54) is 32.2 Å². The molecule has 3 aliphatic rings. The van der Waals surface area contributed by atoms with Crippen molar-refractivity contribution in [2.24, 2.45) is 5.41 Å². The van der Waals surface area contributed by atoms with E-state index >= 15 is 0 Å². The predicted octanol–water partition coefficient (Wildman–Crippen LogP) is 2.12. The first-order valence-electron chi connectivity index (χ1n) is 9.73. The molecule has 3 fully saturated rings. The van der Waals surface area contributed by atoms with Gasteiger partial charge in [-0.2, -0.15) is 0 Å². The van der Waals surface area contributed by atoms with Crippen molar-refractivity contribution >= 4 is 5.91 Å². The first kappa shape index (κ1) is 17.0. The fraction of sp³-hybridized carbons (Fsp3) is 0.700. The van der Waals surface area contributed by atoms with E-state index in [0.29, 0.717) is 17.9 Å². The van der Waals surface area contributed by atoms with Crippen LogP contribution >= 0.6 is 0 Å². The number of rotatable bonds is 3. The number of nitrogens with zero attached hydrogens (tertiary/aromatic N) is 3. The molecule has 1 spiro atoms. The number of hydrogen-bond donors (Lipinski definition) is 0. The molecule has 25 heavy (non-hydrogen) atoms. The lowest BCUT2D eigenvalue weighted by Gasteiger charge is -2.41. The number of hydrogen-bond acceptors (Lipinski definition) is 4. The molecule has 0 bridgehead atoms. The van der Waals surface area contributed by atoms with E-state index in [1.54, 1.807) is 12.4 Å². The van der Waals surface area contributed by atoms with Crippen LogP contribution in [-0.4, -0.2) is 66.1 Å². The van der Waals surface area contributed by atoms with Crippen molar-refractivity contribution in [3.05, 3.63) is 30.1 Å². The third kappa shape index (κ3) is 3.87. The van der Waals surface area contributed by atoms with Gasteiger partial charge in [0.1, 0.15) is 0 Å². The average Bonchev–Trinajstić information content (AvgIpc) is 3.06. The molecule has 4 rings (SSSR count). The van der Waals surface area contributed by atoms with Crippen LogP contribution in [0.3, 0.4) is 0 Å². The van der Waals surface area contributed by atoms with Crippen LogP contribution in [0.15, 0.2) is 24.5 Å². The number of ether oxygens (including phenoxy) is 1. The van der Waals surface area contributed by atoms with Gasteiger partial charge in [-0.3, -0.25) is 14.7 Å². The molecule has 0 unspecified atom stereocenters. The summed E-state index contributed by atoms with van der Waals surface area (Å²) in [5, 5.41) is 0. The second kappa shape index (κ2) is 7.42. The van der Waals surface area contributed by atoms with Crippen molar-refractivity contribution in [3.8, 4) is 0 Å². The number of carbonyl (C=O) groups is 1. The van der Waals surface area contributed by atoms with Crippen molar-refractivity contribution in [2.45, 2.75) is 44.6 Å². The minimum atomic E-state index is 0.261. The number of aromatic nitrogens is 1. The molecule has 1 atom stereocenters. The molecule has 5 heteroatoms. The van der Waals surface area contributed by atoms with E-state index in [9.17, 15) is 4.79 Å². The number of carbonyl (C=O) groups excluding carboxylic acids is 1. The van der Waals surface area contributed by atoms with Crippen LogP contribution in [0.4, 0.5) is 0 Å². The first-order chi connectivity index (χ1) is 12.2. The maximum Gasteiger partial charge on any atom is 0.227 e. The fourth-order valence-corrected chi connectivity index (χ4v) is 4.87. The SMILES string of the molecule is O=C(Cc1cccnc1)N1CCC[C@@]2(CCN(C3CCOCC3)C2)C1. The highest BCUT2D eigenvalue weighted by molar-refractivity contribution is 5.78. The summed E-state index contributed by atoms with van der Waals surface area (Å²) < 4.78 is 5.52. The van der Waals surface area contributed by atoms with Crippen molar-refractivity contribution < 1.29 is 9.53 Å². The summed E-state index contributed by atoms with van der Waals surface area (Å²) in [7, 11) is 0. The van der Waals surface area contributed by atoms with E-state index in [1.807, 2.05) is 12.1 Å². The molecule has 0 aliphatic carbocycles. The summed E-state index contributed by atoms with van der Waals surface area (Å²) in [6.45, 7) is 6.02. The van der Waals surface area contributed by atoms with Gasteiger partial charge in [-0.25, -0.2) is 0 Å². The summed E-state index contributed by atoms with van der Waals surface area (Å²) >= 11 is 0. The lowest BCUT2D eigenvalue weighted by Crippen LogP contribution is -2.48. The Morgan fingerprint density at radius 3 is 2.92 bits per heavy atom. The lowest BCUT2D eigenvalue weighted by atomic mass is 9.79. The zero-order valence-corrected chi connectivity index (χ0v) is 15.0. The smallest absolute Gasteiger partial charge is 0.227 e. The monoisotopic (exact) mass is 343 g/mol. The highest BCUT2D eigenvalue weighted by Crippen LogP contribution is 2.40. The third-order valence-electron chi connectivity index (χ3n) is 6.27. The van der Waals surface area contributed by atoms with Gasteiger partial charge in [-0.05, 0) is 50.3 Å². The minimum absolute atomic E-state index is 0.261. The zero-order chi connectivity index (χ0) is 17.1. The van der Waals surface area contributed by atoms with Crippen LogP contribution in [0.5, 0.6) is 0 Å². The fourth-order valence-electron chi connectivity index (χ4n) is 4.87. The standard InChI is InChI=1S/C20H29N3O2/c24-19(13-17-3-1-8-21-14-17)23-9-2-6-20(16-23)7-10-22(15-20)18-4-11-25-12-5-18/h1,3,8,14,18H,2,4-7,9-13,15-16H2/t20-/m0/s1. The van der Waals surface area contributed by atoms with E-state index in [-0.39, 0.29) is 5.91 Å². The Morgan fingerprint density at radius 2 is 2.12 bits per heavy atom. The Labute approximate surface area is 150 Å². The van der Waals surface area contributed by atoms with Gasteiger partial charge >= 0.3 is 0 Å². The van der Waals surface area contributed by atoms with Crippen molar-refractivity contribution in [3.63, 3.8) is 0 Å². The molecule has 0 saturated carbocycles. The van der Waals surface area contributed by atoms with Crippen LogP contribution in [0, 0.1) is 5.41 Å². The predicted molar refractivity (Wildman–Crippen MR) is 96.2 cm³/mol. The third-order valence-corrected chi connectivity index (χ3v) is 6.27. The average molecular weight is 343 g/mol. The summed E-state index contributed by atoms with van der Waals surface area (Å²) in [5.74, 6) is 0.261. The van der Waals surface area contributed by atoms with E-state index in [0.717, 1.165) is 44.8 Å². The molecule has 0 N–H and O–H groups in total. The molecule has 3 aliphatic heterocycles. The lowest BCUT2D eigenvalue weighted by molar-refractivity contribution is -0.133. The molecule has 3 saturated heterocycles. The maximum atomic E-state index is 12.8. The topological polar surface area (TPSA) is 45.7 Å². The molecule has 5 nitrogen and oxygen atoms in total. The van der Waals surface area contributed by atoms with Crippen LogP contribution in [0.25, 0.3) is 0 Å². The number of piperidine rings is 1. The van der Waals surface area contributed by atoms with Crippen LogP contribution in [0.1, 0.15) is 37.7 Å². The highest BCUT2D eigenvalue weighted by atomic mass is 16.5. The molecule has 0 radical (unpaired) electrons. The van der Waals surface area contributed by atoms with Gasteiger partial charge in [-0.15, -0.1) is 0 Å². The Kier molecular flexibility index (Phi) is 5.04. The molecule has 1 aromatic heterocycles. The van der Waals surface area contributed by atoms with E-state index < -0.39 is 0 Å². The molecular formula is C20H29N3O2. The molecular weight excluding hydrogens is 314 g/mol. The normalized spacial score (nSPS) is 28.6. The molecule has 136 valence electrons. The van der Waals surface area contributed by atoms with Gasteiger partial charge in [0.15, 0.2) is 0 Å². The summed E-state index contributed by atoms with van der Waals surface area (Å²) in [4.78, 5) is 21.7. The molecule has 0 aromatic carbocycles. The van der Waals surface area contributed by atoms with Crippen LogP contribution in [-0.2, 0) is 16.0 Å². The molecule has 4 heterocycles. The Balaban J connectivity index is 1.36. The maximum absolute atomic E-state index is 12.8. The highest BCUT2D eigenvalue weighted by Gasteiger charge is 2.44. The van der Waals surface area contributed by atoms with Gasteiger partial charge in [0, 0.05) is 56.7 Å². The van der Waals surface area contributed by atoms with Crippen molar-refractivity contribution in [2.75, 3.05) is 39.4 Å². The first-order valence-corrected chi connectivity index (χ1v) is 9.73. The van der Waals surface area contributed by atoms with Crippen molar-refractivity contribution in [1.29, 1.82) is 0 Å². The Bertz CT molecular complexity index is 588. The number of likely N-dealkylation sites (tertiary alicyclic amines) is 2. The van der Waals surface area contributed by atoms with Crippen LogP contribution in [0.2, 0.25) is 0 Å². The zero-order valence-electron chi connectivity index (χ0n) is 15.0. The molecule has 1 aromatic rings. The Hall–Kier alpha value is -1.46. The second-order valence-electron chi connectivity index (χ2n) is 8.02. The van der Waals surface area contributed by atoms with Gasteiger partial charge in [0.2, 0.25) is 5.91 Å².